The van der Waals surface area contributed by atoms with Crippen LogP contribution in [-0.2, 0) is 11.2 Å². The van der Waals surface area contributed by atoms with Crippen molar-refractivity contribution in [3.05, 3.63) is 20.8 Å². The van der Waals surface area contributed by atoms with Crippen LogP contribution in [0.15, 0.2) is 15.9 Å². The Bertz CT molecular complexity index is 323. The van der Waals surface area contributed by atoms with E-state index in [4.69, 9.17) is 4.74 Å². The number of thiophene rings is 1. The van der Waals surface area contributed by atoms with Crippen LogP contribution >= 0.6 is 27.3 Å². The van der Waals surface area contributed by atoms with Gasteiger partial charge in [0, 0.05) is 28.4 Å². The molecular formula is C12H18BrNOS. The number of rotatable bonds is 5. The third kappa shape index (κ3) is 3.06. The van der Waals surface area contributed by atoms with Crippen LogP contribution in [0.3, 0.4) is 0 Å². The Morgan fingerprint density at radius 3 is 3.12 bits per heavy atom. The lowest BCUT2D eigenvalue weighted by Gasteiger charge is -2.23. The molecular weight excluding hydrogens is 286 g/mol. The third-order valence-electron chi connectivity index (χ3n) is 2.98. The van der Waals surface area contributed by atoms with Gasteiger partial charge >= 0.3 is 0 Å². The first-order chi connectivity index (χ1) is 7.81. The van der Waals surface area contributed by atoms with Crippen molar-refractivity contribution in [2.45, 2.75) is 38.3 Å². The van der Waals surface area contributed by atoms with Crippen molar-refractivity contribution >= 4 is 27.3 Å². The molecule has 90 valence electrons. The van der Waals surface area contributed by atoms with Crippen LogP contribution in [-0.4, -0.2) is 25.3 Å². The second kappa shape index (κ2) is 6.15. The van der Waals surface area contributed by atoms with E-state index in [1.807, 2.05) is 11.3 Å². The van der Waals surface area contributed by atoms with Crippen molar-refractivity contribution < 1.29 is 4.74 Å². The molecule has 1 aliphatic rings. The van der Waals surface area contributed by atoms with Crippen LogP contribution in [0.4, 0.5) is 0 Å². The van der Waals surface area contributed by atoms with Crippen molar-refractivity contribution in [3.63, 3.8) is 0 Å². The van der Waals surface area contributed by atoms with Crippen molar-refractivity contribution in [1.29, 1.82) is 0 Å². The van der Waals surface area contributed by atoms with Gasteiger partial charge in [0.25, 0.3) is 0 Å². The summed E-state index contributed by atoms with van der Waals surface area (Å²) in [6.07, 6.45) is 3.87. The van der Waals surface area contributed by atoms with Gasteiger partial charge in [-0.05, 0) is 46.8 Å². The highest BCUT2D eigenvalue weighted by molar-refractivity contribution is 9.10. The molecule has 1 saturated heterocycles. The quantitative estimate of drug-likeness (QED) is 0.902. The van der Waals surface area contributed by atoms with Gasteiger partial charge in [0.15, 0.2) is 0 Å². The fourth-order valence-electron chi connectivity index (χ4n) is 2.19. The van der Waals surface area contributed by atoms with E-state index >= 15 is 0 Å². The molecule has 0 aliphatic carbocycles. The minimum absolute atomic E-state index is 0.397. The van der Waals surface area contributed by atoms with Crippen molar-refractivity contribution in [2.24, 2.45) is 0 Å². The number of hydrogen-bond acceptors (Lipinski definition) is 3. The van der Waals surface area contributed by atoms with Crippen molar-refractivity contribution in [3.8, 4) is 0 Å². The molecule has 0 saturated carbocycles. The number of hydrogen-bond donors (Lipinski definition) is 1. The fourth-order valence-corrected chi connectivity index (χ4v) is 3.76. The molecule has 2 nitrogen and oxygen atoms in total. The number of nitrogens with one attached hydrogen (secondary N) is 1. The Balaban J connectivity index is 1.99. The molecule has 1 fully saturated rings. The van der Waals surface area contributed by atoms with Crippen LogP contribution in [0.1, 0.15) is 24.6 Å². The van der Waals surface area contributed by atoms with Gasteiger partial charge in [-0.1, -0.05) is 6.92 Å². The van der Waals surface area contributed by atoms with Crippen LogP contribution < -0.4 is 5.32 Å². The summed E-state index contributed by atoms with van der Waals surface area (Å²) in [5.74, 6) is 0. The van der Waals surface area contributed by atoms with E-state index in [0.29, 0.717) is 12.1 Å². The SMILES string of the molecule is CCNC(Cc1sccc1Br)C1CCCO1. The first-order valence-corrected chi connectivity index (χ1v) is 7.55. The van der Waals surface area contributed by atoms with E-state index in [1.165, 1.54) is 22.2 Å². The van der Waals surface area contributed by atoms with E-state index in [9.17, 15) is 0 Å². The first kappa shape index (κ1) is 12.6. The Morgan fingerprint density at radius 2 is 2.56 bits per heavy atom. The lowest BCUT2D eigenvalue weighted by molar-refractivity contribution is 0.0791. The molecule has 0 radical (unpaired) electrons. The van der Waals surface area contributed by atoms with Gasteiger partial charge in [0.05, 0.1) is 6.10 Å². The Morgan fingerprint density at radius 1 is 1.69 bits per heavy atom. The molecule has 0 spiro atoms. The second-order valence-electron chi connectivity index (χ2n) is 4.11. The molecule has 16 heavy (non-hydrogen) atoms. The molecule has 2 atom stereocenters. The van der Waals surface area contributed by atoms with E-state index < -0.39 is 0 Å². The lowest BCUT2D eigenvalue weighted by Crippen LogP contribution is -2.41. The summed E-state index contributed by atoms with van der Waals surface area (Å²) in [5, 5.41) is 5.69. The number of ether oxygens (including phenoxy) is 1. The number of halogens is 1. The summed E-state index contributed by atoms with van der Waals surface area (Å²) in [5.41, 5.74) is 0. The minimum atomic E-state index is 0.397. The maximum absolute atomic E-state index is 5.78. The van der Waals surface area contributed by atoms with Gasteiger partial charge in [-0.2, -0.15) is 0 Å². The Labute approximate surface area is 110 Å². The normalized spacial score (nSPS) is 22.5. The molecule has 1 aromatic rings. The van der Waals surface area contributed by atoms with E-state index in [0.717, 1.165) is 19.6 Å². The summed E-state index contributed by atoms with van der Waals surface area (Å²) in [4.78, 5) is 1.42. The predicted octanol–water partition coefficient (Wildman–Crippen LogP) is 3.21. The molecule has 1 N–H and O–H groups in total. The monoisotopic (exact) mass is 303 g/mol. The summed E-state index contributed by atoms with van der Waals surface area (Å²) in [7, 11) is 0. The zero-order valence-corrected chi connectivity index (χ0v) is 11.9. The van der Waals surface area contributed by atoms with Gasteiger partial charge in [-0.3, -0.25) is 0 Å². The van der Waals surface area contributed by atoms with E-state index in [-0.39, 0.29) is 0 Å². The summed E-state index contributed by atoms with van der Waals surface area (Å²) < 4.78 is 7.02. The van der Waals surface area contributed by atoms with Gasteiger partial charge in [0.2, 0.25) is 0 Å². The van der Waals surface area contributed by atoms with Crippen molar-refractivity contribution in [1.82, 2.24) is 5.32 Å². The van der Waals surface area contributed by atoms with Crippen LogP contribution in [0.25, 0.3) is 0 Å². The Hall–Kier alpha value is 0.1000. The zero-order chi connectivity index (χ0) is 11.4. The molecule has 2 heterocycles. The van der Waals surface area contributed by atoms with Gasteiger partial charge in [-0.15, -0.1) is 11.3 Å². The summed E-state index contributed by atoms with van der Waals surface area (Å²) in [6.45, 7) is 4.09. The molecule has 4 heteroatoms. The third-order valence-corrected chi connectivity index (χ3v) is 4.93. The van der Waals surface area contributed by atoms with Crippen LogP contribution in [0.2, 0.25) is 0 Å². The lowest BCUT2D eigenvalue weighted by atomic mass is 10.0. The minimum Gasteiger partial charge on any atom is -0.377 e. The van der Waals surface area contributed by atoms with E-state index in [1.54, 1.807) is 0 Å². The van der Waals surface area contributed by atoms with E-state index in [2.05, 4.69) is 39.6 Å². The van der Waals surface area contributed by atoms with Gasteiger partial charge < -0.3 is 10.1 Å². The average Bonchev–Trinajstić information content (AvgIpc) is 2.90. The molecule has 1 aliphatic heterocycles. The highest BCUT2D eigenvalue weighted by Crippen LogP contribution is 2.26. The van der Waals surface area contributed by atoms with Crippen molar-refractivity contribution in [2.75, 3.05) is 13.2 Å². The van der Waals surface area contributed by atoms with Gasteiger partial charge in [-0.25, -0.2) is 0 Å². The molecule has 1 aromatic heterocycles. The maximum Gasteiger partial charge on any atom is 0.0732 e. The fraction of sp³-hybridized carbons (Fsp3) is 0.667. The highest BCUT2D eigenvalue weighted by atomic mass is 79.9. The maximum atomic E-state index is 5.78. The number of likely N-dealkylation sites (N-methyl/N-ethyl adjacent to an activating group) is 1. The summed E-state index contributed by atoms with van der Waals surface area (Å²) in [6, 6.07) is 2.58. The average molecular weight is 304 g/mol. The van der Waals surface area contributed by atoms with Gasteiger partial charge in [0.1, 0.15) is 0 Å². The Kier molecular flexibility index (Phi) is 4.82. The molecule has 2 rings (SSSR count). The van der Waals surface area contributed by atoms with Crippen LogP contribution in [0, 0.1) is 0 Å². The predicted molar refractivity (Wildman–Crippen MR) is 72.2 cm³/mol. The standard InChI is InChI=1S/C12H18BrNOS/c1-2-14-10(11-4-3-6-15-11)8-12-9(13)5-7-16-12/h5,7,10-11,14H,2-4,6,8H2,1H3. The molecule has 0 amide bonds. The molecule has 0 aromatic carbocycles. The van der Waals surface area contributed by atoms with Crippen LogP contribution in [0.5, 0.6) is 0 Å². The second-order valence-corrected chi connectivity index (χ2v) is 5.97. The smallest absolute Gasteiger partial charge is 0.0732 e. The topological polar surface area (TPSA) is 21.3 Å². The highest BCUT2D eigenvalue weighted by Gasteiger charge is 2.26. The molecule has 2 unspecified atom stereocenters. The molecule has 0 bridgehead atoms. The summed E-state index contributed by atoms with van der Waals surface area (Å²) >= 11 is 5.42. The first-order valence-electron chi connectivity index (χ1n) is 5.88. The zero-order valence-electron chi connectivity index (χ0n) is 9.54. The largest absolute Gasteiger partial charge is 0.377 e.